The van der Waals surface area contributed by atoms with Crippen molar-refractivity contribution in [2.24, 2.45) is 4.99 Å². The van der Waals surface area contributed by atoms with Crippen LogP contribution in [0.1, 0.15) is 76.2 Å². The van der Waals surface area contributed by atoms with E-state index < -0.39 is 0 Å². The number of ether oxygens (including phenoxy) is 1. The van der Waals surface area contributed by atoms with Crippen LogP contribution < -0.4 is 4.74 Å². The molecule has 144 valence electrons. The summed E-state index contributed by atoms with van der Waals surface area (Å²) in [5.41, 5.74) is 1.09. The lowest BCUT2D eigenvalue weighted by molar-refractivity contribution is 0.362. The van der Waals surface area contributed by atoms with E-state index in [0.29, 0.717) is 23.4 Å². The Morgan fingerprint density at radius 3 is 2.23 bits per heavy atom. The summed E-state index contributed by atoms with van der Waals surface area (Å²) < 4.78 is 5.32. The second kappa shape index (κ2) is 11.6. The highest BCUT2D eigenvalue weighted by atomic mass is 16.5. The molecule has 1 aliphatic rings. The number of hydrogen-bond donors (Lipinski definition) is 2. The molecule has 1 aromatic rings. The number of allylic oxidation sites excluding steroid dienone is 2. The van der Waals surface area contributed by atoms with Crippen LogP contribution in [0.4, 0.5) is 5.69 Å². The zero-order valence-electron chi connectivity index (χ0n) is 16.0. The van der Waals surface area contributed by atoms with E-state index in [9.17, 15) is 10.2 Å². The van der Waals surface area contributed by atoms with Crippen LogP contribution in [0.3, 0.4) is 0 Å². The largest absolute Gasteiger partial charge is 0.505 e. The summed E-state index contributed by atoms with van der Waals surface area (Å²) in [6.07, 6.45) is 19.7. The van der Waals surface area contributed by atoms with Crippen LogP contribution in [-0.4, -0.2) is 23.5 Å². The van der Waals surface area contributed by atoms with Gasteiger partial charge in [-0.25, -0.2) is 0 Å². The fourth-order valence-electron chi connectivity index (χ4n) is 3.41. The normalized spacial score (nSPS) is 17.9. The highest BCUT2D eigenvalue weighted by Gasteiger charge is 2.17. The lowest BCUT2D eigenvalue weighted by Gasteiger charge is -2.14. The van der Waals surface area contributed by atoms with Gasteiger partial charge in [-0.15, -0.1) is 0 Å². The number of rotatable bonds is 1. The molecular weight excluding hydrogens is 326 g/mol. The van der Waals surface area contributed by atoms with Gasteiger partial charge in [-0.1, -0.05) is 44.3 Å². The first-order chi connectivity index (χ1) is 12.7. The first-order valence-electron chi connectivity index (χ1n) is 10.0. The van der Waals surface area contributed by atoms with Crippen molar-refractivity contribution in [2.45, 2.75) is 77.0 Å². The number of methoxy groups -OCH3 is 1. The van der Waals surface area contributed by atoms with E-state index in [4.69, 9.17) is 4.74 Å². The van der Waals surface area contributed by atoms with E-state index >= 15 is 0 Å². The molecule has 0 aromatic heterocycles. The summed E-state index contributed by atoms with van der Waals surface area (Å²) >= 11 is 0. The van der Waals surface area contributed by atoms with Crippen molar-refractivity contribution in [3.63, 3.8) is 0 Å². The Morgan fingerprint density at radius 1 is 0.846 bits per heavy atom. The molecule has 2 rings (SSSR count). The molecule has 26 heavy (non-hydrogen) atoms. The SMILES string of the molecule is COc1c(O)cc2c(O)c1CCCCCCCCCC=CCCCC=N2. The first-order valence-corrected chi connectivity index (χ1v) is 10.0. The van der Waals surface area contributed by atoms with Gasteiger partial charge in [0.15, 0.2) is 11.5 Å². The Balaban J connectivity index is 2.13. The van der Waals surface area contributed by atoms with Crippen LogP contribution in [0.5, 0.6) is 17.2 Å². The third-order valence-corrected chi connectivity index (χ3v) is 4.91. The molecule has 0 fully saturated rings. The Hall–Kier alpha value is -1.97. The van der Waals surface area contributed by atoms with Crippen LogP contribution in [-0.2, 0) is 6.42 Å². The van der Waals surface area contributed by atoms with Gasteiger partial charge in [0.1, 0.15) is 11.4 Å². The monoisotopic (exact) mass is 359 g/mol. The van der Waals surface area contributed by atoms with Gasteiger partial charge in [0.2, 0.25) is 0 Å². The van der Waals surface area contributed by atoms with Crippen molar-refractivity contribution in [1.82, 2.24) is 0 Å². The predicted octanol–water partition coefficient (Wildman–Crippen LogP) is 6.21. The topological polar surface area (TPSA) is 62.0 Å². The Morgan fingerprint density at radius 2 is 1.50 bits per heavy atom. The summed E-state index contributed by atoms with van der Waals surface area (Å²) in [7, 11) is 1.52. The maximum atomic E-state index is 10.6. The lowest BCUT2D eigenvalue weighted by atomic mass is 10.0. The molecule has 4 heteroatoms. The molecule has 4 nitrogen and oxygen atoms in total. The van der Waals surface area contributed by atoms with Gasteiger partial charge >= 0.3 is 0 Å². The summed E-state index contributed by atoms with van der Waals surface area (Å²) in [6.45, 7) is 0. The van der Waals surface area contributed by atoms with Crippen molar-refractivity contribution < 1.29 is 14.9 Å². The van der Waals surface area contributed by atoms with E-state index in [0.717, 1.165) is 32.1 Å². The Bertz CT molecular complexity index is 608. The fourth-order valence-corrected chi connectivity index (χ4v) is 3.41. The molecule has 1 heterocycles. The minimum absolute atomic E-state index is 0.0428. The van der Waals surface area contributed by atoms with Crippen molar-refractivity contribution in [3.8, 4) is 17.2 Å². The van der Waals surface area contributed by atoms with Gasteiger partial charge in [-0.2, -0.15) is 0 Å². The number of nitrogens with zero attached hydrogens (tertiary/aromatic N) is 1. The highest BCUT2D eigenvalue weighted by molar-refractivity contribution is 5.71. The minimum Gasteiger partial charge on any atom is -0.505 e. The van der Waals surface area contributed by atoms with Gasteiger partial charge < -0.3 is 14.9 Å². The van der Waals surface area contributed by atoms with E-state index in [-0.39, 0.29) is 11.5 Å². The highest BCUT2D eigenvalue weighted by Crippen LogP contribution is 2.44. The molecule has 0 saturated carbocycles. The second-order valence-electron chi connectivity index (χ2n) is 7.00. The minimum atomic E-state index is 0.0428. The molecular formula is C22H33NO3. The number of aliphatic imine (C=N–C) groups is 1. The zero-order chi connectivity index (χ0) is 18.6. The van der Waals surface area contributed by atoms with Crippen LogP contribution in [0.2, 0.25) is 0 Å². The molecule has 0 unspecified atom stereocenters. The van der Waals surface area contributed by atoms with E-state index in [2.05, 4.69) is 17.1 Å². The molecule has 1 aromatic carbocycles. The molecule has 1 aliphatic heterocycles. The van der Waals surface area contributed by atoms with Crippen LogP contribution >= 0.6 is 0 Å². The standard InChI is InChI=1S/C22H33NO3/c1-26-22-18-15-13-11-9-7-5-3-2-4-6-8-10-12-14-16-23-19(21(18)25)17-20(22)24/h6,8,16-17,24-25H,2-5,7,9-15H2,1H3. The molecule has 0 aliphatic carbocycles. The fraction of sp³-hybridized carbons (Fsp3) is 0.591. The quantitative estimate of drug-likeness (QED) is 0.463. The smallest absolute Gasteiger partial charge is 0.167 e. The molecule has 2 bridgehead atoms. The van der Waals surface area contributed by atoms with Gasteiger partial charge in [0.05, 0.1) is 7.11 Å². The molecule has 0 saturated heterocycles. The molecule has 0 atom stereocenters. The van der Waals surface area contributed by atoms with Crippen LogP contribution in [0, 0.1) is 0 Å². The number of phenolic OH excluding ortho intramolecular Hbond substituents is 2. The number of benzene rings is 1. The third-order valence-electron chi connectivity index (χ3n) is 4.91. The van der Waals surface area contributed by atoms with Crippen LogP contribution in [0.25, 0.3) is 0 Å². The number of fused-ring (bicyclic) bond motifs is 2. The maximum Gasteiger partial charge on any atom is 0.167 e. The number of hydrogen-bond acceptors (Lipinski definition) is 4. The number of phenols is 2. The summed E-state index contributed by atoms with van der Waals surface area (Å²) in [5, 5.41) is 20.8. The Kier molecular flexibility index (Phi) is 9.08. The molecule has 0 radical (unpaired) electrons. The second-order valence-corrected chi connectivity index (χ2v) is 7.00. The van der Waals surface area contributed by atoms with E-state index in [1.54, 1.807) is 0 Å². The van der Waals surface area contributed by atoms with E-state index in [1.807, 2.05) is 6.21 Å². The van der Waals surface area contributed by atoms with Crippen molar-refractivity contribution >= 4 is 11.9 Å². The third kappa shape index (κ3) is 6.40. The van der Waals surface area contributed by atoms with Gasteiger partial charge in [0, 0.05) is 17.8 Å². The summed E-state index contributed by atoms with van der Waals surface area (Å²) in [6, 6.07) is 1.48. The predicted molar refractivity (Wildman–Crippen MR) is 108 cm³/mol. The Labute approximate surface area is 157 Å². The summed E-state index contributed by atoms with van der Waals surface area (Å²) in [5.74, 6) is 0.549. The van der Waals surface area contributed by atoms with Gasteiger partial charge in [-0.05, 0) is 44.9 Å². The average Bonchev–Trinajstić information content (AvgIpc) is 2.63. The number of aromatic hydroxyl groups is 2. The van der Waals surface area contributed by atoms with Gasteiger partial charge in [0.25, 0.3) is 0 Å². The first kappa shape index (κ1) is 20.3. The van der Waals surface area contributed by atoms with Crippen molar-refractivity contribution in [1.29, 1.82) is 0 Å². The van der Waals surface area contributed by atoms with Gasteiger partial charge in [-0.3, -0.25) is 4.99 Å². The molecule has 0 spiro atoms. The lowest BCUT2D eigenvalue weighted by Crippen LogP contribution is -1.95. The average molecular weight is 360 g/mol. The zero-order valence-corrected chi connectivity index (χ0v) is 16.0. The van der Waals surface area contributed by atoms with E-state index in [1.165, 1.54) is 51.7 Å². The van der Waals surface area contributed by atoms with Crippen LogP contribution in [0.15, 0.2) is 23.2 Å². The molecule has 0 amide bonds. The van der Waals surface area contributed by atoms with Crippen molar-refractivity contribution in [3.05, 3.63) is 23.8 Å². The maximum absolute atomic E-state index is 10.6. The van der Waals surface area contributed by atoms with Crippen molar-refractivity contribution in [2.75, 3.05) is 7.11 Å². The summed E-state index contributed by atoms with van der Waals surface area (Å²) in [4.78, 5) is 4.38. The molecule has 2 N–H and O–H groups in total.